The van der Waals surface area contributed by atoms with Crippen LogP contribution in [0.5, 0.6) is 0 Å². The first-order valence-corrected chi connectivity index (χ1v) is 4.53. The average Bonchev–Trinajstić information content (AvgIpc) is 2.56. The third kappa shape index (κ3) is 1.50. The minimum Gasteiger partial charge on any atom is -0.306 e. The van der Waals surface area contributed by atoms with E-state index >= 15 is 0 Å². The van der Waals surface area contributed by atoms with E-state index in [9.17, 15) is 0 Å². The largest absolute Gasteiger partial charge is 0.306 e. The molecule has 2 heterocycles. The van der Waals surface area contributed by atoms with Crippen LogP contribution in [-0.4, -0.2) is 35.2 Å². The Morgan fingerprint density at radius 1 is 1.67 bits per heavy atom. The van der Waals surface area contributed by atoms with Crippen molar-refractivity contribution in [3.63, 3.8) is 0 Å². The monoisotopic (exact) mass is 165 g/mol. The summed E-state index contributed by atoms with van der Waals surface area (Å²) in [6.07, 6.45) is 6.59. The lowest BCUT2D eigenvalue weighted by Gasteiger charge is -2.28. The summed E-state index contributed by atoms with van der Waals surface area (Å²) >= 11 is 0. The van der Waals surface area contributed by atoms with Gasteiger partial charge in [-0.05, 0) is 37.9 Å². The average molecular weight is 165 g/mol. The van der Waals surface area contributed by atoms with Gasteiger partial charge in [-0.3, -0.25) is 5.10 Å². The maximum Gasteiger partial charge on any atom is 0.0522 e. The van der Waals surface area contributed by atoms with Crippen LogP contribution >= 0.6 is 0 Å². The van der Waals surface area contributed by atoms with Crippen LogP contribution in [0.4, 0.5) is 0 Å². The van der Waals surface area contributed by atoms with Gasteiger partial charge in [0.2, 0.25) is 0 Å². The van der Waals surface area contributed by atoms with Crippen molar-refractivity contribution in [2.45, 2.75) is 18.8 Å². The maximum absolute atomic E-state index is 3.98. The minimum absolute atomic E-state index is 0.697. The van der Waals surface area contributed by atoms with Crippen LogP contribution in [0.25, 0.3) is 0 Å². The Hall–Kier alpha value is -0.830. The molecule has 1 fully saturated rings. The highest BCUT2D eigenvalue weighted by atomic mass is 15.1. The summed E-state index contributed by atoms with van der Waals surface area (Å²) in [6.45, 7) is 2.42. The number of aromatic amines is 1. The molecule has 12 heavy (non-hydrogen) atoms. The molecule has 1 aromatic heterocycles. The first-order valence-electron chi connectivity index (χ1n) is 4.53. The van der Waals surface area contributed by atoms with Crippen molar-refractivity contribution in [1.29, 1.82) is 0 Å². The molecule has 3 heteroatoms. The standard InChI is InChI=1S/C9H15N3/c1-12-4-2-3-8(7-12)9-5-10-11-6-9/h5-6,8H,2-4,7H2,1H3,(H,10,11). The van der Waals surface area contributed by atoms with Gasteiger partial charge in [0, 0.05) is 12.7 Å². The van der Waals surface area contributed by atoms with Gasteiger partial charge in [0.1, 0.15) is 0 Å². The van der Waals surface area contributed by atoms with Gasteiger partial charge in [0.25, 0.3) is 0 Å². The fraction of sp³-hybridized carbons (Fsp3) is 0.667. The van der Waals surface area contributed by atoms with E-state index in [1.165, 1.54) is 31.5 Å². The van der Waals surface area contributed by atoms with Crippen LogP contribution < -0.4 is 0 Å². The molecule has 1 unspecified atom stereocenters. The first-order chi connectivity index (χ1) is 5.86. The minimum atomic E-state index is 0.697. The van der Waals surface area contributed by atoms with E-state index in [4.69, 9.17) is 0 Å². The Bertz CT molecular complexity index is 230. The molecule has 0 aromatic carbocycles. The molecule has 0 amide bonds. The van der Waals surface area contributed by atoms with Crippen molar-refractivity contribution in [1.82, 2.24) is 15.1 Å². The molecule has 1 aliphatic rings. The Kier molecular flexibility index (Phi) is 2.13. The van der Waals surface area contributed by atoms with E-state index in [0.29, 0.717) is 5.92 Å². The highest BCUT2D eigenvalue weighted by Gasteiger charge is 2.18. The molecule has 2 rings (SSSR count). The predicted molar refractivity (Wildman–Crippen MR) is 48.1 cm³/mol. The number of likely N-dealkylation sites (N-methyl/N-ethyl adjacent to an activating group) is 1. The number of hydrogen-bond acceptors (Lipinski definition) is 2. The Morgan fingerprint density at radius 2 is 2.58 bits per heavy atom. The normalized spacial score (nSPS) is 25.9. The molecule has 0 spiro atoms. The van der Waals surface area contributed by atoms with Gasteiger partial charge in [-0.25, -0.2) is 0 Å². The quantitative estimate of drug-likeness (QED) is 0.678. The van der Waals surface area contributed by atoms with Crippen LogP contribution in [0, 0.1) is 0 Å². The zero-order valence-corrected chi connectivity index (χ0v) is 7.45. The number of nitrogens with one attached hydrogen (secondary N) is 1. The molecule has 1 atom stereocenters. The highest BCUT2D eigenvalue weighted by molar-refractivity contribution is 5.11. The molecule has 0 radical (unpaired) electrons. The smallest absolute Gasteiger partial charge is 0.0522 e. The molecule has 1 saturated heterocycles. The maximum atomic E-state index is 3.98. The summed E-state index contributed by atoms with van der Waals surface area (Å²) in [5.74, 6) is 0.697. The van der Waals surface area contributed by atoms with Gasteiger partial charge in [0.05, 0.1) is 6.20 Å². The van der Waals surface area contributed by atoms with Crippen LogP contribution in [0.3, 0.4) is 0 Å². The zero-order chi connectivity index (χ0) is 8.39. The van der Waals surface area contributed by atoms with Crippen molar-refractivity contribution in [2.75, 3.05) is 20.1 Å². The lowest BCUT2D eigenvalue weighted by molar-refractivity contribution is 0.251. The fourth-order valence-electron chi connectivity index (χ4n) is 1.92. The van der Waals surface area contributed by atoms with E-state index in [2.05, 4.69) is 22.1 Å². The lowest BCUT2D eigenvalue weighted by Crippen LogP contribution is -2.30. The molecule has 1 N–H and O–H groups in total. The fourth-order valence-corrected chi connectivity index (χ4v) is 1.92. The number of piperidine rings is 1. The number of likely N-dealkylation sites (tertiary alicyclic amines) is 1. The van der Waals surface area contributed by atoms with Gasteiger partial charge in [-0.1, -0.05) is 0 Å². The third-order valence-corrected chi connectivity index (χ3v) is 2.62. The van der Waals surface area contributed by atoms with Gasteiger partial charge in [-0.15, -0.1) is 0 Å². The predicted octanol–water partition coefficient (Wildman–Crippen LogP) is 1.22. The van der Waals surface area contributed by atoms with Crippen molar-refractivity contribution >= 4 is 0 Å². The summed E-state index contributed by atoms with van der Waals surface area (Å²) in [5.41, 5.74) is 1.36. The van der Waals surface area contributed by atoms with Crippen molar-refractivity contribution in [2.24, 2.45) is 0 Å². The van der Waals surface area contributed by atoms with Gasteiger partial charge < -0.3 is 4.90 Å². The van der Waals surface area contributed by atoms with Crippen LogP contribution in [-0.2, 0) is 0 Å². The zero-order valence-electron chi connectivity index (χ0n) is 7.45. The Balaban J connectivity index is 2.04. The summed E-state index contributed by atoms with van der Waals surface area (Å²) in [7, 11) is 2.19. The van der Waals surface area contributed by atoms with E-state index < -0.39 is 0 Å². The van der Waals surface area contributed by atoms with Crippen LogP contribution in [0.15, 0.2) is 12.4 Å². The van der Waals surface area contributed by atoms with Crippen molar-refractivity contribution < 1.29 is 0 Å². The van der Waals surface area contributed by atoms with Crippen molar-refractivity contribution in [3.8, 4) is 0 Å². The molecule has 1 aliphatic heterocycles. The van der Waals surface area contributed by atoms with E-state index in [1.807, 2.05) is 12.4 Å². The highest BCUT2D eigenvalue weighted by Crippen LogP contribution is 2.24. The summed E-state index contributed by atoms with van der Waals surface area (Å²) in [4.78, 5) is 2.39. The Morgan fingerprint density at radius 3 is 3.25 bits per heavy atom. The Labute approximate surface area is 72.8 Å². The van der Waals surface area contributed by atoms with E-state index in [1.54, 1.807) is 0 Å². The van der Waals surface area contributed by atoms with E-state index in [0.717, 1.165) is 0 Å². The molecular formula is C9H15N3. The lowest BCUT2D eigenvalue weighted by atomic mass is 9.93. The van der Waals surface area contributed by atoms with Gasteiger partial charge >= 0.3 is 0 Å². The summed E-state index contributed by atoms with van der Waals surface area (Å²) < 4.78 is 0. The summed E-state index contributed by atoms with van der Waals surface area (Å²) in [6, 6.07) is 0. The molecule has 3 nitrogen and oxygen atoms in total. The second-order valence-corrected chi connectivity index (χ2v) is 3.63. The molecule has 0 saturated carbocycles. The first kappa shape index (κ1) is 7.80. The molecule has 66 valence electrons. The molecular weight excluding hydrogens is 150 g/mol. The topological polar surface area (TPSA) is 31.9 Å². The number of nitrogens with zero attached hydrogens (tertiary/aromatic N) is 2. The van der Waals surface area contributed by atoms with Crippen LogP contribution in [0.2, 0.25) is 0 Å². The van der Waals surface area contributed by atoms with E-state index in [-0.39, 0.29) is 0 Å². The summed E-state index contributed by atoms with van der Waals surface area (Å²) in [5, 5.41) is 6.85. The number of aromatic nitrogens is 2. The van der Waals surface area contributed by atoms with Crippen LogP contribution in [0.1, 0.15) is 24.3 Å². The van der Waals surface area contributed by atoms with Crippen molar-refractivity contribution in [3.05, 3.63) is 18.0 Å². The number of H-pyrrole nitrogens is 1. The number of hydrogen-bond donors (Lipinski definition) is 1. The number of rotatable bonds is 1. The molecule has 1 aromatic rings. The third-order valence-electron chi connectivity index (χ3n) is 2.62. The SMILES string of the molecule is CN1CCCC(c2cn[nH]c2)C1. The molecule has 0 aliphatic carbocycles. The van der Waals surface area contributed by atoms with Gasteiger partial charge in [-0.2, -0.15) is 5.10 Å². The second kappa shape index (κ2) is 3.27. The second-order valence-electron chi connectivity index (χ2n) is 3.63. The molecule has 0 bridgehead atoms. The van der Waals surface area contributed by atoms with Gasteiger partial charge in [0.15, 0.2) is 0 Å².